The zero-order valence-corrected chi connectivity index (χ0v) is 18.8. The summed E-state index contributed by atoms with van der Waals surface area (Å²) in [6.07, 6.45) is 1.72. The SMILES string of the molecule is Cc1cc(=O)[nH]c(-c2cccc(NC(=O)c3ccccc3Sc3ccc(Br)cn3)c2)n1. The van der Waals surface area contributed by atoms with E-state index in [1.165, 1.54) is 17.8 Å². The molecule has 0 fully saturated rings. The second-order valence-electron chi connectivity index (χ2n) is 6.68. The van der Waals surface area contributed by atoms with Gasteiger partial charge in [-0.05, 0) is 59.3 Å². The largest absolute Gasteiger partial charge is 0.322 e. The third kappa shape index (κ3) is 5.28. The molecule has 31 heavy (non-hydrogen) atoms. The molecule has 1 amide bonds. The average molecular weight is 493 g/mol. The van der Waals surface area contributed by atoms with E-state index in [9.17, 15) is 9.59 Å². The number of anilines is 1. The van der Waals surface area contributed by atoms with Gasteiger partial charge in [-0.1, -0.05) is 36.0 Å². The maximum Gasteiger partial charge on any atom is 0.256 e. The Bertz CT molecular complexity index is 1310. The van der Waals surface area contributed by atoms with Gasteiger partial charge in [-0.3, -0.25) is 9.59 Å². The van der Waals surface area contributed by atoms with Crippen molar-refractivity contribution in [3.8, 4) is 11.4 Å². The highest BCUT2D eigenvalue weighted by molar-refractivity contribution is 9.10. The molecule has 2 N–H and O–H groups in total. The van der Waals surface area contributed by atoms with E-state index in [0.717, 1.165) is 14.4 Å². The third-order valence-electron chi connectivity index (χ3n) is 4.31. The second kappa shape index (κ2) is 9.28. The molecule has 154 valence electrons. The highest BCUT2D eigenvalue weighted by Gasteiger charge is 2.13. The van der Waals surface area contributed by atoms with E-state index in [4.69, 9.17) is 0 Å². The lowest BCUT2D eigenvalue weighted by Gasteiger charge is -2.11. The number of aryl methyl sites for hydroxylation is 1. The van der Waals surface area contributed by atoms with E-state index in [2.05, 4.69) is 36.2 Å². The van der Waals surface area contributed by atoms with Gasteiger partial charge in [0.2, 0.25) is 0 Å². The number of aromatic amines is 1. The minimum atomic E-state index is -0.233. The first-order valence-electron chi connectivity index (χ1n) is 9.36. The van der Waals surface area contributed by atoms with E-state index in [0.29, 0.717) is 28.3 Å². The summed E-state index contributed by atoms with van der Waals surface area (Å²) < 4.78 is 0.896. The number of hydrogen-bond acceptors (Lipinski definition) is 5. The molecule has 0 saturated carbocycles. The van der Waals surface area contributed by atoms with Crippen LogP contribution in [-0.2, 0) is 0 Å². The molecule has 0 aliphatic carbocycles. The summed E-state index contributed by atoms with van der Waals surface area (Å²) in [5, 5.41) is 3.72. The summed E-state index contributed by atoms with van der Waals surface area (Å²) in [4.78, 5) is 37.0. The van der Waals surface area contributed by atoms with E-state index in [1.807, 2.05) is 36.4 Å². The molecule has 4 rings (SSSR count). The van der Waals surface area contributed by atoms with Crippen LogP contribution in [0.1, 0.15) is 16.1 Å². The number of hydrogen-bond donors (Lipinski definition) is 2. The summed E-state index contributed by atoms with van der Waals surface area (Å²) in [6, 6.07) is 19.8. The number of nitrogens with one attached hydrogen (secondary N) is 2. The molecular weight excluding hydrogens is 476 g/mol. The predicted octanol–water partition coefficient (Wildman–Crippen LogP) is 5.31. The van der Waals surface area contributed by atoms with Crippen LogP contribution in [0.3, 0.4) is 0 Å². The number of amides is 1. The summed E-state index contributed by atoms with van der Waals surface area (Å²) >= 11 is 4.80. The van der Waals surface area contributed by atoms with Crippen LogP contribution in [0.4, 0.5) is 5.69 Å². The molecule has 0 bridgehead atoms. The molecule has 0 atom stereocenters. The van der Waals surface area contributed by atoms with Gasteiger partial charge in [-0.25, -0.2) is 9.97 Å². The first-order chi connectivity index (χ1) is 15.0. The average Bonchev–Trinajstić information content (AvgIpc) is 2.75. The minimum absolute atomic E-state index is 0.218. The Morgan fingerprint density at radius 3 is 2.68 bits per heavy atom. The zero-order valence-electron chi connectivity index (χ0n) is 16.4. The zero-order chi connectivity index (χ0) is 21.8. The number of nitrogens with zero attached hydrogens (tertiary/aromatic N) is 2. The standard InChI is InChI=1S/C23H17BrN4O2S/c1-14-11-20(29)28-22(26-14)15-5-4-6-17(12-15)27-23(30)18-7-2-3-8-19(18)31-21-10-9-16(24)13-25-21/h2-13H,1H3,(H,27,30)(H,26,28,29). The van der Waals surface area contributed by atoms with Gasteiger partial charge in [0.1, 0.15) is 10.9 Å². The van der Waals surface area contributed by atoms with Crippen LogP contribution in [0.5, 0.6) is 0 Å². The van der Waals surface area contributed by atoms with E-state index < -0.39 is 0 Å². The van der Waals surface area contributed by atoms with Gasteiger partial charge in [0.15, 0.2) is 0 Å². The van der Waals surface area contributed by atoms with Gasteiger partial charge in [0, 0.05) is 38.6 Å². The van der Waals surface area contributed by atoms with Crippen molar-refractivity contribution in [3.63, 3.8) is 0 Å². The maximum atomic E-state index is 13.0. The van der Waals surface area contributed by atoms with Crippen molar-refractivity contribution in [2.45, 2.75) is 16.8 Å². The molecule has 2 heterocycles. The summed E-state index contributed by atoms with van der Waals surface area (Å²) in [6.45, 7) is 1.76. The van der Waals surface area contributed by atoms with Crippen LogP contribution in [0.25, 0.3) is 11.4 Å². The molecule has 2 aromatic carbocycles. The molecule has 6 nitrogen and oxygen atoms in total. The molecule has 2 aromatic heterocycles. The molecule has 4 aromatic rings. The minimum Gasteiger partial charge on any atom is -0.322 e. The topological polar surface area (TPSA) is 87.7 Å². The van der Waals surface area contributed by atoms with Crippen LogP contribution in [0, 0.1) is 6.92 Å². The lowest BCUT2D eigenvalue weighted by molar-refractivity contribution is 0.102. The van der Waals surface area contributed by atoms with E-state index in [-0.39, 0.29) is 11.5 Å². The van der Waals surface area contributed by atoms with Gasteiger partial charge in [0.05, 0.1) is 5.56 Å². The highest BCUT2D eigenvalue weighted by atomic mass is 79.9. The van der Waals surface area contributed by atoms with E-state index in [1.54, 1.807) is 37.4 Å². The summed E-state index contributed by atoms with van der Waals surface area (Å²) in [7, 11) is 0. The number of H-pyrrole nitrogens is 1. The van der Waals surface area contributed by atoms with Crippen LogP contribution >= 0.6 is 27.7 Å². The van der Waals surface area contributed by atoms with Crippen LogP contribution in [0.15, 0.2) is 92.1 Å². The predicted molar refractivity (Wildman–Crippen MR) is 125 cm³/mol. The fourth-order valence-electron chi connectivity index (χ4n) is 2.94. The Morgan fingerprint density at radius 2 is 1.90 bits per heavy atom. The molecule has 0 saturated heterocycles. The number of benzene rings is 2. The number of carbonyl (C=O) groups excluding carboxylic acids is 1. The maximum absolute atomic E-state index is 13.0. The van der Waals surface area contributed by atoms with Gasteiger partial charge in [-0.2, -0.15) is 0 Å². The molecule has 0 aliphatic heterocycles. The lowest BCUT2D eigenvalue weighted by Crippen LogP contribution is -2.13. The molecule has 0 spiro atoms. The van der Waals surface area contributed by atoms with Gasteiger partial charge < -0.3 is 10.3 Å². The van der Waals surface area contributed by atoms with Crippen molar-refractivity contribution in [2.75, 3.05) is 5.32 Å². The quantitative estimate of drug-likeness (QED) is 0.394. The number of halogens is 1. The third-order valence-corrected chi connectivity index (χ3v) is 5.81. The van der Waals surface area contributed by atoms with Gasteiger partial charge in [-0.15, -0.1) is 0 Å². The number of rotatable bonds is 5. The normalized spacial score (nSPS) is 10.6. The van der Waals surface area contributed by atoms with E-state index >= 15 is 0 Å². The van der Waals surface area contributed by atoms with Gasteiger partial charge >= 0.3 is 0 Å². The van der Waals surface area contributed by atoms with Crippen LogP contribution < -0.4 is 10.9 Å². The summed E-state index contributed by atoms with van der Waals surface area (Å²) in [5.41, 5.74) is 2.27. The van der Waals surface area contributed by atoms with Crippen molar-refractivity contribution in [1.82, 2.24) is 15.0 Å². The fraction of sp³-hybridized carbons (Fsp3) is 0.0435. The number of carbonyl (C=O) groups is 1. The van der Waals surface area contributed by atoms with Crippen molar-refractivity contribution in [3.05, 3.63) is 99.0 Å². The second-order valence-corrected chi connectivity index (χ2v) is 8.66. The summed E-state index contributed by atoms with van der Waals surface area (Å²) in [5.74, 6) is 0.224. The number of aromatic nitrogens is 3. The Morgan fingerprint density at radius 1 is 1.06 bits per heavy atom. The Hall–Kier alpha value is -3.23. The highest BCUT2D eigenvalue weighted by Crippen LogP contribution is 2.30. The molecule has 0 unspecified atom stereocenters. The Kier molecular flexibility index (Phi) is 6.29. The number of pyridine rings is 1. The van der Waals surface area contributed by atoms with Crippen molar-refractivity contribution < 1.29 is 4.79 Å². The lowest BCUT2D eigenvalue weighted by atomic mass is 10.1. The Labute approximate surface area is 191 Å². The first-order valence-corrected chi connectivity index (χ1v) is 11.0. The Balaban J connectivity index is 1.58. The smallest absolute Gasteiger partial charge is 0.256 e. The van der Waals surface area contributed by atoms with Crippen LogP contribution in [-0.4, -0.2) is 20.9 Å². The molecular formula is C23H17BrN4O2S. The molecule has 0 aliphatic rings. The monoisotopic (exact) mass is 492 g/mol. The van der Waals surface area contributed by atoms with Gasteiger partial charge in [0.25, 0.3) is 11.5 Å². The molecule has 8 heteroatoms. The van der Waals surface area contributed by atoms with Crippen LogP contribution in [0.2, 0.25) is 0 Å². The van der Waals surface area contributed by atoms with Crippen molar-refractivity contribution >= 4 is 39.3 Å². The van der Waals surface area contributed by atoms with Crippen molar-refractivity contribution in [2.24, 2.45) is 0 Å². The first kappa shape index (κ1) is 21.0. The van der Waals surface area contributed by atoms with Crippen molar-refractivity contribution in [1.29, 1.82) is 0 Å². The molecule has 0 radical (unpaired) electrons. The fourth-order valence-corrected chi connectivity index (χ4v) is 4.06.